The molecule has 132 valence electrons. The van der Waals surface area contributed by atoms with Crippen LogP contribution in [0.25, 0.3) is 0 Å². The Hall–Kier alpha value is -2.08. The summed E-state index contributed by atoms with van der Waals surface area (Å²) < 4.78 is 11.2. The number of allylic oxidation sites excluding steroid dienone is 1. The number of likely N-dealkylation sites (tertiary alicyclic amines) is 1. The van der Waals surface area contributed by atoms with Crippen LogP contribution in [0.2, 0.25) is 0 Å². The number of pyridine rings is 1. The molecule has 1 saturated heterocycles. The van der Waals surface area contributed by atoms with Gasteiger partial charge in [-0.3, -0.25) is 4.98 Å². The molecule has 1 aliphatic rings. The zero-order chi connectivity index (χ0) is 17.6. The van der Waals surface area contributed by atoms with Gasteiger partial charge in [0.1, 0.15) is 18.0 Å². The Morgan fingerprint density at radius 3 is 2.83 bits per heavy atom. The van der Waals surface area contributed by atoms with Crippen molar-refractivity contribution in [2.24, 2.45) is 0 Å². The van der Waals surface area contributed by atoms with E-state index in [0.29, 0.717) is 25.3 Å². The number of rotatable bonds is 6. The molecule has 0 radical (unpaired) electrons. The average Bonchev–Trinajstić information content (AvgIpc) is 2.45. The standard InChI is InChI=1S/C18H26N2O4/c1-18(2,3)24-17(22)20-8-7-15(20)13-23-16-10-14(11-19-12-16)6-4-5-9-21/h4-5,10-12,15,21H,6-9,13H2,1-3H3. The van der Waals surface area contributed by atoms with Crippen LogP contribution < -0.4 is 4.74 Å². The predicted molar refractivity (Wildman–Crippen MR) is 91.0 cm³/mol. The number of hydrogen-bond donors (Lipinski definition) is 1. The predicted octanol–water partition coefficient (Wildman–Crippen LogP) is 2.56. The minimum Gasteiger partial charge on any atom is -0.490 e. The van der Waals surface area contributed by atoms with Crippen LogP contribution in [0.4, 0.5) is 4.79 Å². The number of carbonyl (C=O) groups excluding carboxylic acids is 1. The molecule has 0 saturated carbocycles. The topological polar surface area (TPSA) is 71.9 Å². The number of ether oxygens (including phenoxy) is 2. The zero-order valence-electron chi connectivity index (χ0n) is 14.6. The number of amides is 1. The first-order chi connectivity index (χ1) is 11.4. The second-order valence-electron chi connectivity index (χ2n) is 6.81. The molecule has 1 N–H and O–H groups in total. The van der Waals surface area contributed by atoms with E-state index in [1.807, 2.05) is 32.9 Å². The third kappa shape index (κ3) is 5.53. The lowest BCUT2D eigenvalue weighted by Crippen LogP contribution is -2.55. The van der Waals surface area contributed by atoms with Crippen molar-refractivity contribution in [2.45, 2.75) is 45.3 Å². The quantitative estimate of drug-likeness (QED) is 0.810. The van der Waals surface area contributed by atoms with E-state index in [0.717, 1.165) is 12.0 Å². The van der Waals surface area contributed by atoms with Crippen LogP contribution in [0.15, 0.2) is 30.6 Å². The van der Waals surface area contributed by atoms with Crippen molar-refractivity contribution in [3.05, 3.63) is 36.2 Å². The maximum Gasteiger partial charge on any atom is 0.410 e. The van der Waals surface area contributed by atoms with Gasteiger partial charge in [0.15, 0.2) is 0 Å². The van der Waals surface area contributed by atoms with Crippen molar-refractivity contribution in [1.82, 2.24) is 9.88 Å². The smallest absolute Gasteiger partial charge is 0.410 e. The summed E-state index contributed by atoms with van der Waals surface area (Å²) in [5.74, 6) is 0.681. The molecule has 1 atom stereocenters. The molecule has 2 rings (SSSR count). The molecule has 1 fully saturated rings. The van der Waals surface area contributed by atoms with E-state index in [-0.39, 0.29) is 18.7 Å². The maximum absolute atomic E-state index is 12.1. The van der Waals surface area contributed by atoms with Crippen molar-refractivity contribution in [2.75, 3.05) is 19.8 Å². The van der Waals surface area contributed by atoms with Gasteiger partial charge in [0.25, 0.3) is 0 Å². The summed E-state index contributed by atoms with van der Waals surface area (Å²) in [4.78, 5) is 17.9. The maximum atomic E-state index is 12.1. The Kier molecular flexibility index (Phi) is 6.20. The average molecular weight is 334 g/mol. The van der Waals surface area contributed by atoms with E-state index < -0.39 is 5.60 Å². The van der Waals surface area contributed by atoms with E-state index >= 15 is 0 Å². The Morgan fingerprint density at radius 1 is 1.42 bits per heavy atom. The van der Waals surface area contributed by atoms with Crippen LogP contribution in [0, 0.1) is 0 Å². The number of aromatic nitrogens is 1. The van der Waals surface area contributed by atoms with Crippen LogP contribution in [0.1, 0.15) is 32.8 Å². The molecule has 1 aliphatic heterocycles. The van der Waals surface area contributed by atoms with E-state index in [1.54, 1.807) is 23.4 Å². The number of carbonyl (C=O) groups is 1. The molecule has 1 unspecified atom stereocenters. The van der Waals surface area contributed by atoms with Gasteiger partial charge in [0.05, 0.1) is 18.8 Å². The van der Waals surface area contributed by atoms with Gasteiger partial charge in [0.2, 0.25) is 0 Å². The van der Waals surface area contributed by atoms with Crippen LogP contribution in [-0.2, 0) is 11.2 Å². The molecule has 6 heteroatoms. The minimum absolute atomic E-state index is 0.0335. The molecular formula is C18H26N2O4. The summed E-state index contributed by atoms with van der Waals surface area (Å²) in [6.07, 6.45) is 8.32. The highest BCUT2D eigenvalue weighted by molar-refractivity contribution is 5.69. The Morgan fingerprint density at radius 2 is 2.21 bits per heavy atom. The molecule has 6 nitrogen and oxygen atoms in total. The van der Waals surface area contributed by atoms with Gasteiger partial charge in [-0.1, -0.05) is 12.2 Å². The Balaban J connectivity index is 1.84. The van der Waals surface area contributed by atoms with Crippen molar-refractivity contribution in [1.29, 1.82) is 0 Å². The number of aliphatic hydroxyl groups is 1. The Bertz CT molecular complexity index is 581. The van der Waals surface area contributed by atoms with Gasteiger partial charge < -0.3 is 19.5 Å². The van der Waals surface area contributed by atoms with Crippen molar-refractivity contribution < 1.29 is 19.4 Å². The summed E-state index contributed by atoms with van der Waals surface area (Å²) in [6, 6.07) is 1.96. The monoisotopic (exact) mass is 334 g/mol. The molecule has 0 aliphatic carbocycles. The third-order valence-electron chi connectivity index (χ3n) is 3.61. The summed E-state index contributed by atoms with van der Waals surface area (Å²) in [7, 11) is 0. The molecule has 24 heavy (non-hydrogen) atoms. The van der Waals surface area contributed by atoms with Gasteiger partial charge in [-0.25, -0.2) is 4.79 Å². The summed E-state index contributed by atoms with van der Waals surface area (Å²) in [5.41, 5.74) is 0.521. The van der Waals surface area contributed by atoms with Crippen LogP contribution in [0.5, 0.6) is 5.75 Å². The highest BCUT2D eigenvalue weighted by Crippen LogP contribution is 2.22. The second-order valence-corrected chi connectivity index (χ2v) is 6.81. The molecule has 0 aromatic carbocycles. The largest absolute Gasteiger partial charge is 0.490 e. The van der Waals surface area contributed by atoms with Gasteiger partial charge in [-0.2, -0.15) is 0 Å². The summed E-state index contributed by atoms with van der Waals surface area (Å²) in [6.45, 7) is 6.74. The van der Waals surface area contributed by atoms with Gasteiger partial charge in [-0.15, -0.1) is 0 Å². The molecule has 0 spiro atoms. The first kappa shape index (κ1) is 18.3. The molecular weight excluding hydrogens is 308 g/mol. The number of nitrogens with zero attached hydrogens (tertiary/aromatic N) is 2. The molecule has 1 aromatic rings. The molecule has 0 bridgehead atoms. The third-order valence-corrected chi connectivity index (χ3v) is 3.61. The van der Waals surface area contributed by atoms with Crippen molar-refractivity contribution in [3.8, 4) is 5.75 Å². The fourth-order valence-electron chi connectivity index (χ4n) is 2.32. The van der Waals surface area contributed by atoms with E-state index in [2.05, 4.69) is 4.98 Å². The van der Waals surface area contributed by atoms with E-state index in [1.165, 1.54) is 0 Å². The van der Waals surface area contributed by atoms with Gasteiger partial charge >= 0.3 is 6.09 Å². The molecule has 2 heterocycles. The van der Waals surface area contributed by atoms with Gasteiger partial charge in [0, 0.05) is 12.7 Å². The summed E-state index contributed by atoms with van der Waals surface area (Å²) in [5, 5.41) is 8.75. The fourth-order valence-corrected chi connectivity index (χ4v) is 2.32. The Labute approximate surface area is 143 Å². The highest BCUT2D eigenvalue weighted by Gasteiger charge is 2.35. The lowest BCUT2D eigenvalue weighted by Gasteiger charge is -2.40. The first-order valence-electron chi connectivity index (χ1n) is 8.21. The normalized spacial score (nSPS) is 17.7. The van der Waals surface area contributed by atoms with Gasteiger partial charge in [-0.05, 0) is 45.2 Å². The molecule has 1 aromatic heterocycles. The van der Waals surface area contributed by atoms with E-state index in [9.17, 15) is 4.79 Å². The summed E-state index contributed by atoms with van der Waals surface area (Å²) >= 11 is 0. The second kappa shape index (κ2) is 8.15. The molecule has 1 amide bonds. The first-order valence-corrected chi connectivity index (χ1v) is 8.21. The van der Waals surface area contributed by atoms with Crippen LogP contribution in [-0.4, -0.2) is 52.5 Å². The highest BCUT2D eigenvalue weighted by atomic mass is 16.6. The minimum atomic E-state index is -0.488. The van der Waals surface area contributed by atoms with Crippen LogP contribution >= 0.6 is 0 Å². The SMILES string of the molecule is CC(C)(C)OC(=O)N1CCC1COc1cncc(CC=CCO)c1. The van der Waals surface area contributed by atoms with E-state index in [4.69, 9.17) is 14.6 Å². The van der Waals surface area contributed by atoms with Crippen molar-refractivity contribution in [3.63, 3.8) is 0 Å². The lowest BCUT2D eigenvalue weighted by molar-refractivity contribution is -0.0141. The van der Waals surface area contributed by atoms with Crippen molar-refractivity contribution >= 4 is 6.09 Å². The number of hydrogen-bond acceptors (Lipinski definition) is 5. The fraction of sp³-hybridized carbons (Fsp3) is 0.556. The zero-order valence-corrected chi connectivity index (χ0v) is 14.6. The lowest BCUT2D eigenvalue weighted by atomic mass is 10.1. The van der Waals surface area contributed by atoms with Crippen LogP contribution in [0.3, 0.4) is 0 Å². The number of aliphatic hydroxyl groups excluding tert-OH is 1.